The molecule has 0 aliphatic carbocycles. The normalized spacial score (nSPS) is 11.0. The van der Waals surface area contributed by atoms with Crippen molar-refractivity contribution in [2.45, 2.75) is 46.0 Å². The average molecular weight is 395 g/mol. The number of aryl methyl sites for hydroxylation is 1. The first-order valence-corrected chi connectivity index (χ1v) is 9.81. The van der Waals surface area contributed by atoms with E-state index in [0.29, 0.717) is 17.7 Å². The van der Waals surface area contributed by atoms with Gasteiger partial charge < -0.3 is 10.1 Å². The van der Waals surface area contributed by atoms with Gasteiger partial charge in [-0.25, -0.2) is 4.79 Å². The van der Waals surface area contributed by atoms with Crippen LogP contribution < -0.4 is 5.32 Å². The Labute approximate surface area is 172 Å². The first-order valence-electron chi connectivity index (χ1n) is 9.81. The second-order valence-electron chi connectivity index (χ2n) is 8.11. The van der Waals surface area contributed by atoms with Gasteiger partial charge in [0.1, 0.15) is 0 Å². The Bertz CT molecular complexity index is 846. The molecule has 0 radical (unpaired) electrons. The third-order valence-corrected chi connectivity index (χ3v) is 4.61. The summed E-state index contributed by atoms with van der Waals surface area (Å²) < 4.78 is 5.17. The van der Waals surface area contributed by atoms with Crippen molar-refractivity contribution in [1.82, 2.24) is 5.32 Å². The number of benzene rings is 2. The molecule has 0 unspecified atom stereocenters. The summed E-state index contributed by atoms with van der Waals surface area (Å²) in [5.41, 5.74) is 3.16. The number of hydrogen-bond donors (Lipinski definition) is 1. The van der Waals surface area contributed by atoms with Gasteiger partial charge in [0.05, 0.1) is 5.56 Å². The summed E-state index contributed by atoms with van der Waals surface area (Å²) in [7, 11) is 0. The van der Waals surface area contributed by atoms with Crippen LogP contribution in [0.3, 0.4) is 0 Å². The summed E-state index contributed by atoms with van der Waals surface area (Å²) in [6.45, 7) is 8.15. The van der Waals surface area contributed by atoms with Crippen molar-refractivity contribution in [3.8, 4) is 0 Å². The van der Waals surface area contributed by atoms with Gasteiger partial charge in [0.2, 0.25) is 5.91 Å². The quantitative estimate of drug-likeness (QED) is 0.415. The molecule has 2 aromatic rings. The maximum Gasteiger partial charge on any atom is 0.338 e. The van der Waals surface area contributed by atoms with E-state index in [0.717, 1.165) is 24.0 Å². The van der Waals surface area contributed by atoms with E-state index < -0.39 is 5.97 Å². The van der Waals surface area contributed by atoms with Gasteiger partial charge >= 0.3 is 5.97 Å². The number of carbonyl (C=O) groups excluding carboxylic acids is 3. The Balaban J connectivity index is 1.83. The van der Waals surface area contributed by atoms with Gasteiger partial charge in [-0.15, -0.1) is 0 Å². The van der Waals surface area contributed by atoms with Crippen LogP contribution in [0.2, 0.25) is 0 Å². The summed E-state index contributed by atoms with van der Waals surface area (Å²) in [6.07, 6.45) is 1.65. The van der Waals surface area contributed by atoms with Crippen LogP contribution in [0.1, 0.15) is 66.0 Å². The van der Waals surface area contributed by atoms with Crippen molar-refractivity contribution < 1.29 is 19.1 Å². The molecule has 0 fully saturated rings. The van der Waals surface area contributed by atoms with Gasteiger partial charge in [-0.05, 0) is 41.5 Å². The van der Waals surface area contributed by atoms with Crippen LogP contribution in [0.25, 0.3) is 0 Å². The lowest BCUT2D eigenvalue weighted by atomic mass is 9.87. The van der Waals surface area contributed by atoms with Crippen LogP contribution in [0.15, 0.2) is 48.5 Å². The van der Waals surface area contributed by atoms with Gasteiger partial charge in [0.25, 0.3) is 0 Å². The highest BCUT2D eigenvalue weighted by atomic mass is 16.5. The van der Waals surface area contributed by atoms with E-state index in [2.05, 4.69) is 26.1 Å². The monoisotopic (exact) mass is 395 g/mol. The van der Waals surface area contributed by atoms with Crippen LogP contribution in [0, 0.1) is 0 Å². The van der Waals surface area contributed by atoms with Crippen molar-refractivity contribution in [3.05, 3.63) is 70.8 Å². The van der Waals surface area contributed by atoms with Crippen molar-refractivity contribution in [2.75, 3.05) is 13.2 Å². The van der Waals surface area contributed by atoms with E-state index in [1.165, 1.54) is 6.92 Å². The highest BCUT2D eigenvalue weighted by molar-refractivity contribution is 5.99. The fraction of sp³-hybridized carbons (Fsp3) is 0.375. The zero-order valence-electron chi connectivity index (χ0n) is 17.6. The summed E-state index contributed by atoms with van der Waals surface area (Å²) in [5, 5.41) is 2.75. The van der Waals surface area contributed by atoms with Crippen molar-refractivity contribution >= 4 is 17.7 Å². The summed E-state index contributed by atoms with van der Waals surface area (Å²) in [6, 6.07) is 14.5. The van der Waals surface area contributed by atoms with Crippen molar-refractivity contribution in [3.63, 3.8) is 0 Å². The largest absolute Gasteiger partial charge is 0.454 e. The number of Topliss-reactive ketones (excluding diaryl/α,β-unsaturated/α-hetero) is 1. The van der Waals surface area contributed by atoms with Gasteiger partial charge in [-0.2, -0.15) is 0 Å². The third-order valence-electron chi connectivity index (χ3n) is 4.61. The highest BCUT2D eigenvalue weighted by Gasteiger charge is 2.16. The van der Waals surface area contributed by atoms with Gasteiger partial charge in [-0.1, -0.05) is 57.2 Å². The number of ether oxygens (including phenoxy) is 1. The fourth-order valence-electron chi connectivity index (χ4n) is 2.82. The van der Waals surface area contributed by atoms with Gasteiger partial charge in [-0.3, -0.25) is 9.59 Å². The summed E-state index contributed by atoms with van der Waals surface area (Å²) in [4.78, 5) is 35.3. The predicted molar refractivity (Wildman–Crippen MR) is 113 cm³/mol. The van der Waals surface area contributed by atoms with E-state index in [-0.39, 0.29) is 23.7 Å². The minimum absolute atomic E-state index is 0.00843. The van der Waals surface area contributed by atoms with E-state index in [1.54, 1.807) is 24.3 Å². The van der Waals surface area contributed by atoms with E-state index >= 15 is 0 Å². The molecule has 0 aromatic heterocycles. The number of carbonyl (C=O) groups is 3. The standard InChI is InChI=1S/C24H29NO4/c1-17(26)25-15-5-6-18-7-9-19(10-8-18)22(27)16-29-23(28)20-11-13-21(14-12-20)24(2,3)4/h7-14H,5-6,15-16H2,1-4H3,(H,25,26). The lowest BCUT2D eigenvalue weighted by Gasteiger charge is -2.18. The number of amides is 1. The topological polar surface area (TPSA) is 72.5 Å². The molecule has 0 heterocycles. The number of nitrogens with one attached hydrogen (secondary N) is 1. The van der Waals surface area contributed by atoms with Crippen LogP contribution in [-0.4, -0.2) is 30.8 Å². The molecule has 0 aliphatic rings. The number of rotatable bonds is 8. The molecule has 1 N–H and O–H groups in total. The van der Waals surface area contributed by atoms with Crippen LogP contribution in [0.5, 0.6) is 0 Å². The minimum Gasteiger partial charge on any atom is -0.454 e. The molecule has 0 bridgehead atoms. The maximum atomic E-state index is 12.3. The smallest absolute Gasteiger partial charge is 0.338 e. The molecule has 5 heteroatoms. The Morgan fingerprint density at radius 2 is 1.48 bits per heavy atom. The van der Waals surface area contributed by atoms with Gasteiger partial charge in [0, 0.05) is 19.0 Å². The zero-order chi connectivity index (χ0) is 21.4. The third kappa shape index (κ3) is 7.18. The van der Waals surface area contributed by atoms with Crippen LogP contribution in [0.4, 0.5) is 0 Å². The zero-order valence-corrected chi connectivity index (χ0v) is 17.6. The fourth-order valence-corrected chi connectivity index (χ4v) is 2.82. The average Bonchev–Trinajstić information content (AvgIpc) is 2.69. The first-order chi connectivity index (χ1) is 13.7. The molecule has 2 aromatic carbocycles. The van der Waals surface area contributed by atoms with Crippen molar-refractivity contribution in [2.24, 2.45) is 0 Å². The van der Waals surface area contributed by atoms with E-state index in [9.17, 15) is 14.4 Å². The number of hydrogen-bond acceptors (Lipinski definition) is 4. The maximum absolute atomic E-state index is 12.3. The molecule has 0 atom stereocenters. The van der Waals surface area contributed by atoms with E-state index in [4.69, 9.17) is 4.74 Å². The second kappa shape index (κ2) is 10.0. The van der Waals surface area contributed by atoms with Crippen molar-refractivity contribution in [1.29, 1.82) is 0 Å². The molecule has 0 saturated heterocycles. The molecule has 1 amide bonds. The number of esters is 1. The second-order valence-corrected chi connectivity index (χ2v) is 8.11. The lowest BCUT2D eigenvalue weighted by Crippen LogP contribution is -2.21. The molecule has 29 heavy (non-hydrogen) atoms. The van der Waals surface area contributed by atoms with Crippen LogP contribution in [-0.2, 0) is 21.4 Å². The predicted octanol–water partition coefficient (Wildman–Crippen LogP) is 4.09. The molecule has 0 aliphatic heterocycles. The summed E-state index contributed by atoms with van der Waals surface area (Å²) >= 11 is 0. The Morgan fingerprint density at radius 3 is 2.03 bits per heavy atom. The molecule has 0 saturated carbocycles. The highest BCUT2D eigenvalue weighted by Crippen LogP contribution is 2.22. The molecule has 0 spiro atoms. The molecular formula is C24H29NO4. The SMILES string of the molecule is CC(=O)NCCCc1ccc(C(=O)COC(=O)c2ccc(C(C)(C)C)cc2)cc1. The molecular weight excluding hydrogens is 366 g/mol. The Morgan fingerprint density at radius 1 is 0.897 bits per heavy atom. The van der Waals surface area contributed by atoms with Crippen LogP contribution >= 0.6 is 0 Å². The Kier molecular flexibility index (Phi) is 7.71. The molecule has 2 rings (SSSR count). The minimum atomic E-state index is -0.506. The molecule has 154 valence electrons. The molecule has 5 nitrogen and oxygen atoms in total. The van der Waals surface area contributed by atoms with Gasteiger partial charge in [0.15, 0.2) is 12.4 Å². The first kappa shape index (κ1) is 22.3. The summed E-state index contributed by atoms with van der Waals surface area (Å²) in [5.74, 6) is -0.784. The Hall–Kier alpha value is -2.95. The number of ketones is 1. The lowest BCUT2D eigenvalue weighted by molar-refractivity contribution is -0.118. The van der Waals surface area contributed by atoms with E-state index in [1.807, 2.05) is 24.3 Å².